The summed E-state index contributed by atoms with van der Waals surface area (Å²) in [4.78, 5) is 41.6. The first-order chi connectivity index (χ1) is 15.5. The van der Waals surface area contributed by atoms with Crippen LogP contribution in [0.3, 0.4) is 0 Å². The monoisotopic (exact) mass is 435 g/mol. The highest BCUT2D eigenvalue weighted by Crippen LogP contribution is 2.55. The molecule has 3 fully saturated rings. The van der Waals surface area contributed by atoms with Gasteiger partial charge in [-0.05, 0) is 18.4 Å². The maximum atomic E-state index is 13.5. The molecule has 1 aromatic carbocycles. The van der Waals surface area contributed by atoms with Gasteiger partial charge in [0.15, 0.2) is 0 Å². The van der Waals surface area contributed by atoms with Crippen LogP contribution in [0.2, 0.25) is 0 Å². The summed E-state index contributed by atoms with van der Waals surface area (Å²) in [5.74, 6) is -2.02. The van der Waals surface area contributed by atoms with Crippen molar-refractivity contribution in [3.63, 3.8) is 0 Å². The largest absolute Gasteiger partial charge is 0.359 e. The molecule has 0 radical (unpaired) electrons. The van der Waals surface area contributed by atoms with E-state index < -0.39 is 29.6 Å². The minimum absolute atomic E-state index is 0.131. The first kappa shape index (κ1) is 20.9. The fraction of sp³-hybridized carbons (Fsp3) is 0.480. The first-order valence-electron chi connectivity index (χ1n) is 11.5. The van der Waals surface area contributed by atoms with Crippen molar-refractivity contribution in [1.29, 1.82) is 0 Å². The van der Waals surface area contributed by atoms with E-state index in [9.17, 15) is 14.4 Å². The molecule has 7 nitrogen and oxygen atoms in total. The number of hydrogen-bond donors (Lipinski definition) is 2. The second-order valence-corrected chi connectivity index (χ2v) is 9.17. The molecule has 32 heavy (non-hydrogen) atoms. The third kappa shape index (κ3) is 3.26. The predicted octanol–water partition coefficient (Wildman–Crippen LogP) is 1.70. The minimum atomic E-state index is -1.11. The SMILES string of the molecule is C=CCN1C(=O)[C@H]2[C@@H](C(=O)NCc3ccccc3)[C@H]3C=C[C@]2(O3)[C@@H]1C(=O)NC1CCCC1. The molecule has 7 heteroatoms. The van der Waals surface area contributed by atoms with Gasteiger partial charge in [-0.2, -0.15) is 0 Å². The topological polar surface area (TPSA) is 87.7 Å². The quantitative estimate of drug-likeness (QED) is 0.638. The maximum Gasteiger partial charge on any atom is 0.246 e. The molecular weight excluding hydrogens is 406 g/mol. The van der Waals surface area contributed by atoms with Gasteiger partial charge in [0.05, 0.1) is 17.9 Å². The van der Waals surface area contributed by atoms with Crippen LogP contribution in [0.15, 0.2) is 55.1 Å². The van der Waals surface area contributed by atoms with Gasteiger partial charge in [-0.15, -0.1) is 6.58 Å². The number of hydrogen-bond acceptors (Lipinski definition) is 4. The van der Waals surface area contributed by atoms with Gasteiger partial charge in [0.2, 0.25) is 17.7 Å². The molecule has 2 N–H and O–H groups in total. The van der Waals surface area contributed by atoms with Crippen molar-refractivity contribution in [3.8, 4) is 0 Å². The average molecular weight is 436 g/mol. The molecule has 168 valence electrons. The van der Waals surface area contributed by atoms with Gasteiger partial charge >= 0.3 is 0 Å². The van der Waals surface area contributed by atoms with Gasteiger partial charge in [0.1, 0.15) is 11.6 Å². The van der Waals surface area contributed by atoms with Crippen LogP contribution in [0, 0.1) is 11.8 Å². The Morgan fingerprint density at radius 3 is 2.66 bits per heavy atom. The zero-order valence-corrected chi connectivity index (χ0v) is 18.0. The van der Waals surface area contributed by atoms with Crippen LogP contribution < -0.4 is 10.6 Å². The lowest BCUT2D eigenvalue weighted by atomic mass is 9.74. The molecule has 1 aliphatic carbocycles. The van der Waals surface area contributed by atoms with Gasteiger partial charge in [-0.3, -0.25) is 14.4 Å². The Morgan fingerprint density at radius 1 is 1.19 bits per heavy atom. The number of carbonyl (C=O) groups excluding carboxylic acids is 3. The van der Waals surface area contributed by atoms with Crippen molar-refractivity contribution in [2.75, 3.05) is 6.54 Å². The van der Waals surface area contributed by atoms with Crippen molar-refractivity contribution in [2.24, 2.45) is 11.8 Å². The molecule has 0 aromatic heterocycles. The summed E-state index contributed by atoms with van der Waals surface area (Å²) in [7, 11) is 0. The van der Waals surface area contributed by atoms with Crippen LogP contribution >= 0.6 is 0 Å². The Kier molecular flexibility index (Phi) is 5.37. The fourth-order valence-electron chi connectivity index (χ4n) is 5.86. The van der Waals surface area contributed by atoms with Gasteiger partial charge in [0, 0.05) is 19.1 Å². The number of nitrogens with zero attached hydrogens (tertiary/aromatic N) is 1. The normalized spacial score (nSPS) is 32.9. The van der Waals surface area contributed by atoms with E-state index in [4.69, 9.17) is 4.74 Å². The van der Waals surface area contributed by atoms with Gasteiger partial charge in [-0.25, -0.2) is 0 Å². The third-order valence-corrected chi connectivity index (χ3v) is 7.26. The summed E-state index contributed by atoms with van der Waals surface area (Å²) < 4.78 is 6.29. The molecule has 3 aliphatic heterocycles. The van der Waals surface area contributed by atoms with Gasteiger partial charge < -0.3 is 20.3 Å². The second-order valence-electron chi connectivity index (χ2n) is 9.17. The third-order valence-electron chi connectivity index (χ3n) is 7.26. The van der Waals surface area contributed by atoms with E-state index in [-0.39, 0.29) is 30.3 Å². The number of benzene rings is 1. The van der Waals surface area contributed by atoms with Crippen molar-refractivity contribution in [3.05, 3.63) is 60.7 Å². The van der Waals surface area contributed by atoms with Crippen LogP contribution in [0.1, 0.15) is 31.2 Å². The van der Waals surface area contributed by atoms with Gasteiger partial charge in [-0.1, -0.05) is 61.4 Å². The standard InChI is InChI=1S/C25H29N3O4/c1-2-14-28-21(23(30)27-17-10-6-7-11-17)25-13-12-18(32-25)19(20(25)24(28)31)22(29)26-15-16-8-4-3-5-9-16/h2-5,8-9,12-13,17-21H,1,6-7,10-11,14-15H2,(H,26,29)(H,27,30)/t18-,19+,20-,21+,25-/m1/s1. The predicted molar refractivity (Wildman–Crippen MR) is 118 cm³/mol. The average Bonchev–Trinajstić information content (AvgIpc) is 3.56. The molecule has 3 amide bonds. The van der Waals surface area contributed by atoms with Crippen molar-refractivity contribution in [2.45, 2.75) is 56.0 Å². The van der Waals surface area contributed by atoms with E-state index in [1.54, 1.807) is 6.08 Å². The molecule has 0 unspecified atom stereocenters. The minimum Gasteiger partial charge on any atom is -0.359 e. The number of rotatable bonds is 7. The molecule has 5 rings (SSSR count). The maximum absolute atomic E-state index is 13.5. The summed E-state index contributed by atoms with van der Waals surface area (Å²) in [6.45, 7) is 4.38. The van der Waals surface area contributed by atoms with Crippen LogP contribution in [0.5, 0.6) is 0 Å². The number of amides is 3. The smallest absolute Gasteiger partial charge is 0.246 e. The molecule has 4 aliphatic rings. The lowest BCUT2D eigenvalue weighted by Gasteiger charge is -2.32. The molecule has 2 bridgehead atoms. The van der Waals surface area contributed by atoms with E-state index in [1.807, 2.05) is 42.5 Å². The van der Waals surface area contributed by atoms with Crippen LogP contribution in [0.4, 0.5) is 0 Å². The summed E-state index contributed by atoms with van der Waals surface area (Å²) in [6.07, 6.45) is 8.88. The van der Waals surface area contributed by atoms with E-state index >= 15 is 0 Å². The Hall–Kier alpha value is -2.93. The van der Waals surface area contributed by atoms with E-state index in [0.29, 0.717) is 6.54 Å². The van der Waals surface area contributed by atoms with Crippen molar-refractivity contribution in [1.82, 2.24) is 15.5 Å². The Morgan fingerprint density at radius 2 is 1.94 bits per heavy atom. The number of likely N-dealkylation sites (tertiary alicyclic amines) is 1. The Bertz CT molecular complexity index is 955. The molecule has 3 heterocycles. The molecular formula is C25H29N3O4. The number of fused-ring (bicyclic) bond motifs is 1. The number of ether oxygens (including phenoxy) is 1. The second kappa shape index (κ2) is 8.20. The van der Waals surface area contributed by atoms with Crippen LogP contribution in [-0.2, 0) is 25.7 Å². The summed E-state index contributed by atoms with van der Waals surface area (Å²) in [5, 5.41) is 6.09. The number of carbonyl (C=O) groups is 3. The summed E-state index contributed by atoms with van der Waals surface area (Å²) in [5.41, 5.74) is -0.127. The van der Waals surface area contributed by atoms with Crippen molar-refractivity contribution >= 4 is 17.7 Å². The van der Waals surface area contributed by atoms with Crippen molar-refractivity contribution < 1.29 is 19.1 Å². The molecule has 2 saturated heterocycles. The Balaban J connectivity index is 1.39. The summed E-state index contributed by atoms with van der Waals surface area (Å²) in [6, 6.07) is 8.97. The van der Waals surface area contributed by atoms with E-state index in [2.05, 4.69) is 17.2 Å². The number of nitrogens with one attached hydrogen (secondary N) is 2. The highest BCUT2D eigenvalue weighted by Gasteiger charge is 2.72. The molecule has 1 spiro atoms. The first-order valence-corrected chi connectivity index (χ1v) is 11.5. The zero-order valence-electron chi connectivity index (χ0n) is 18.0. The Labute approximate surface area is 187 Å². The van der Waals surface area contributed by atoms with Gasteiger partial charge in [0.25, 0.3) is 0 Å². The lowest BCUT2D eigenvalue weighted by Crippen LogP contribution is -2.56. The summed E-state index contributed by atoms with van der Waals surface area (Å²) >= 11 is 0. The fourth-order valence-corrected chi connectivity index (χ4v) is 5.86. The molecule has 5 atom stereocenters. The molecule has 1 aromatic rings. The highest BCUT2D eigenvalue weighted by atomic mass is 16.5. The zero-order chi connectivity index (χ0) is 22.3. The molecule has 1 saturated carbocycles. The van der Waals surface area contributed by atoms with Crippen LogP contribution in [-0.4, -0.2) is 53.0 Å². The highest BCUT2D eigenvalue weighted by molar-refractivity contribution is 6.00. The van der Waals surface area contributed by atoms with Crippen LogP contribution in [0.25, 0.3) is 0 Å². The van der Waals surface area contributed by atoms with E-state index in [1.165, 1.54) is 4.90 Å². The van der Waals surface area contributed by atoms with E-state index in [0.717, 1.165) is 31.2 Å². The lowest BCUT2D eigenvalue weighted by molar-refractivity contribution is -0.141.